The second-order valence-electron chi connectivity index (χ2n) is 9.16. The number of ketones is 1. The molecule has 2 atom stereocenters. The highest BCUT2D eigenvalue weighted by atomic mass is 19.1. The van der Waals surface area contributed by atoms with Crippen LogP contribution in [0, 0.1) is 17.6 Å². The molecule has 0 unspecified atom stereocenters. The van der Waals surface area contributed by atoms with E-state index in [1.54, 1.807) is 19.1 Å². The van der Waals surface area contributed by atoms with Crippen LogP contribution in [0.25, 0.3) is 0 Å². The standard InChI is InChI=1S/C30H31F2NO8/c1-16(15-23(35)26-29(41-18(3)34)24(37-4)13-14-33-26)30(36)40-17(2)25(19-9-7-11-21(31)27(19)38-5)20-10-8-12-22(32)28(20)39-6/h7-14,16-17,25H,15H2,1-6H3/t16-,17+/m1/s1. The Balaban J connectivity index is 1.92. The number of Topliss-reactive ketones (excluding diaryl/α,β-unsaturated/α-hetero) is 1. The van der Waals surface area contributed by atoms with E-state index in [1.807, 2.05) is 0 Å². The number of hydrogen-bond donors (Lipinski definition) is 0. The van der Waals surface area contributed by atoms with Crippen LogP contribution in [0.2, 0.25) is 0 Å². The van der Waals surface area contributed by atoms with Crippen LogP contribution in [0.4, 0.5) is 8.78 Å². The smallest absolute Gasteiger partial charge is 0.309 e. The zero-order chi connectivity index (χ0) is 30.3. The van der Waals surface area contributed by atoms with E-state index < -0.39 is 47.3 Å². The molecule has 3 aromatic rings. The summed E-state index contributed by atoms with van der Waals surface area (Å²) in [6.45, 7) is 4.22. The van der Waals surface area contributed by atoms with Crippen LogP contribution in [-0.2, 0) is 14.3 Å². The van der Waals surface area contributed by atoms with E-state index in [-0.39, 0.29) is 35.1 Å². The quantitative estimate of drug-likeness (QED) is 0.212. The molecule has 218 valence electrons. The summed E-state index contributed by atoms with van der Waals surface area (Å²) in [7, 11) is 3.93. The largest absolute Gasteiger partial charge is 0.493 e. The average molecular weight is 572 g/mol. The summed E-state index contributed by atoms with van der Waals surface area (Å²) < 4.78 is 56.0. The van der Waals surface area contributed by atoms with E-state index in [0.717, 1.165) is 0 Å². The van der Waals surface area contributed by atoms with Crippen molar-refractivity contribution in [2.45, 2.75) is 39.2 Å². The van der Waals surface area contributed by atoms with Crippen LogP contribution >= 0.6 is 0 Å². The number of carbonyl (C=O) groups is 3. The monoisotopic (exact) mass is 571 g/mol. The Kier molecular flexibility index (Phi) is 10.3. The topological polar surface area (TPSA) is 110 Å². The van der Waals surface area contributed by atoms with Crippen LogP contribution in [0.15, 0.2) is 48.7 Å². The number of esters is 2. The Hall–Kier alpha value is -4.54. The number of para-hydroxylation sites is 2. The summed E-state index contributed by atoms with van der Waals surface area (Å²) in [6.07, 6.45) is -0.0111. The summed E-state index contributed by atoms with van der Waals surface area (Å²) >= 11 is 0. The van der Waals surface area contributed by atoms with Gasteiger partial charge in [-0.2, -0.15) is 0 Å². The summed E-state index contributed by atoms with van der Waals surface area (Å²) in [5, 5.41) is 0. The number of methoxy groups -OCH3 is 3. The number of halogens is 2. The molecule has 0 fully saturated rings. The summed E-state index contributed by atoms with van der Waals surface area (Å²) in [5.41, 5.74) is 0.415. The molecule has 41 heavy (non-hydrogen) atoms. The maximum Gasteiger partial charge on any atom is 0.309 e. The lowest BCUT2D eigenvalue weighted by Crippen LogP contribution is -2.28. The molecule has 0 aliphatic heterocycles. The molecule has 11 heteroatoms. The van der Waals surface area contributed by atoms with Crippen molar-refractivity contribution < 1.29 is 46.8 Å². The van der Waals surface area contributed by atoms with Gasteiger partial charge in [0, 0.05) is 36.7 Å². The van der Waals surface area contributed by atoms with Gasteiger partial charge in [-0.15, -0.1) is 0 Å². The van der Waals surface area contributed by atoms with Crippen molar-refractivity contribution in [3.63, 3.8) is 0 Å². The molecule has 0 aliphatic rings. The second-order valence-corrected chi connectivity index (χ2v) is 9.16. The minimum absolute atomic E-state index is 0.1000. The Labute approximate surface area is 236 Å². The van der Waals surface area contributed by atoms with Crippen molar-refractivity contribution in [3.8, 4) is 23.0 Å². The lowest BCUT2D eigenvalue weighted by molar-refractivity contribution is -0.153. The van der Waals surface area contributed by atoms with Crippen LogP contribution in [0.3, 0.4) is 0 Å². The molecule has 0 N–H and O–H groups in total. The summed E-state index contributed by atoms with van der Waals surface area (Å²) in [6, 6.07) is 9.94. The highest BCUT2D eigenvalue weighted by Gasteiger charge is 2.33. The molecule has 0 saturated carbocycles. The molecule has 1 heterocycles. The molecule has 0 spiro atoms. The van der Waals surface area contributed by atoms with Gasteiger partial charge in [-0.1, -0.05) is 31.2 Å². The predicted molar refractivity (Wildman–Crippen MR) is 144 cm³/mol. The van der Waals surface area contributed by atoms with Gasteiger partial charge in [0.2, 0.25) is 5.75 Å². The molecular weight excluding hydrogens is 540 g/mol. The van der Waals surface area contributed by atoms with Crippen molar-refractivity contribution in [2.75, 3.05) is 21.3 Å². The average Bonchev–Trinajstić information content (AvgIpc) is 2.93. The van der Waals surface area contributed by atoms with Crippen molar-refractivity contribution in [3.05, 3.63) is 77.1 Å². The second kappa shape index (κ2) is 13.7. The maximum atomic E-state index is 14.7. The Morgan fingerprint density at radius 1 is 0.829 bits per heavy atom. The fraction of sp³-hybridized carbons (Fsp3) is 0.333. The first kappa shape index (κ1) is 31.0. The van der Waals surface area contributed by atoms with Crippen molar-refractivity contribution >= 4 is 17.7 Å². The number of carbonyl (C=O) groups excluding carboxylic acids is 3. The third-order valence-corrected chi connectivity index (χ3v) is 6.34. The van der Waals surface area contributed by atoms with E-state index in [9.17, 15) is 23.2 Å². The normalized spacial score (nSPS) is 12.3. The first-order valence-electron chi connectivity index (χ1n) is 12.6. The molecule has 0 saturated heterocycles. The van der Waals surface area contributed by atoms with Gasteiger partial charge in [0.15, 0.2) is 40.4 Å². The van der Waals surface area contributed by atoms with E-state index in [2.05, 4.69) is 4.98 Å². The van der Waals surface area contributed by atoms with Crippen molar-refractivity contribution in [2.24, 2.45) is 5.92 Å². The first-order chi connectivity index (χ1) is 19.5. The predicted octanol–water partition coefficient (Wildman–Crippen LogP) is 5.28. The fourth-order valence-corrected chi connectivity index (χ4v) is 4.50. The van der Waals surface area contributed by atoms with Crippen LogP contribution in [-0.4, -0.2) is 50.1 Å². The number of rotatable bonds is 12. The highest BCUT2D eigenvalue weighted by molar-refractivity contribution is 6.00. The van der Waals surface area contributed by atoms with Gasteiger partial charge in [-0.05, 0) is 19.1 Å². The Morgan fingerprint density at radius 3 is 1.88 bits per heavy atom. The zero-order valence-electron chi connectivity index (χ0n) is 23.5. The zero-order valence-corrected chi connectivity index (χ0v) is 23.5. The summed E-state index contributed by atoms with van der Waals surface area (Å²) in [5.74, 6) is -5.44. The van der Waals surface area contributed by atoms with Gasteiger partial charge in [0.1, 0.15) is 6.10 Å². The van der Waals surface area contributed by atoms with Crippen LogP contribution < -0.4 is 18.9 Å². The minimum Gasteiger partial charge on any atom is -0.493 e. The van der Waals surface area contributed by atoms with Crippen molar-refractivity contribution in [1.82, 2.24) is 4.98 Å². The lowest BCUT2D eigenvalue weighted by Gasteiger charge is -2.28. The molecule has 3 rings (SSSR count). The van der Waals surface area contributed by atoms with Gasteiger partial charge in [0.05, 0.1) is 33.2 Å². The van der Waals surface area contributed by atoms with Crippen LogP contribution in [0.5, 0.6) is 23.0 Å². The molecular formula is C30H31F2NO8. The fourth-order valence-electron chi connectivity index (χ4n) is 4.50. The first-order valence-corrected chi connectivity index (χ1v) is 12.6. The van der Waals surface area contributed by atoms with Gasteiger partial charge in [-0.3, -0.25) is 14.4 Å². The number of ether oxygens (including phenoxy) is 5. The SMILES string of the molecule is COc1ccnc(C(=O)C[C@@H](C)C(=O)O[C@@H](C)C(c2cccc(F)c2OC)c2cccc(F)c2OC)c1OC(C)=O. The lowest BCUT2D eigenvalue weighted by atomic mass is 9.85. The molecule has 0 bridgehead atoms. The molecule has 9 nitrogen and oxygen atoms in total. The molecule has 0 radical (unpaired) electrons. The highest BCUT2D eigenvalue weighted by Crippen LogP contribution is 2.42. The molecule has 2 aromatic carbocycles. The van der Waals surface area contributed by atoms with E-state index in [1.165, 1.54) is 71.7 Å². The van der Waals surface area contributed by atoms with Gasteiger partial charge < -0.3 is 23.7 Å². The molecule has 1 aromatic heterocycles. The number of benzene rings is 2. The number of hydrogen-bond acceptors (Lipinski definition) is 9. The van der Waals surface area contributed by atoms with Crippen molar-refractivity contribution in [1.29, 1.82) is 0 Å². The molecule has 0 aliphatic carbocycles. The maximum absolute atomic E-state index is 14.7. The van der Waals surface area contributed by atoms with E-state index in [4.69, 9.17) is 23.7 Å². The minimum atomic E-state index is -0.988. The molecule has 0 amide bonds. The van der Waals surface area contributed by atoms with E-state index in [0.29, 0.717) is 11.1 Å². The third kappa shape index (κ3) is 6.97. The number of nitrogens with zero attached hydrogens (tertiary/aromatic N) is 1. The van der Waals surface area contributed by atoms with Gasteiger partial charge in [0.25, 0.3) is 0 Å². The Bertz CT molecular complexity index is 1370. The summed E-state index contributed by atoms with van der Waals surface area (Å²) in [4.78, 5) is 41.9. The van der Waals surface area contributed by atoms with Gasteiger partial charge in [-0.25, -0.2) is 13.8 Å². The van der Waals surface area contributed by atoms with Crippen LogP contribution in [0.1, 0.15) is 54.7 Å². The Morgan fingerprint density at radius 2 is 1.39 bits per heavy atom. The third-order valence-electron chi connectivity index (χ3n) is 6.34. The number of aromatic nitrogens is 1. The van der Waals surface area contributed by atoms with E-state index >= 15 is 0 Å². The van der Waals surface area contributed by atoms with Gasteiger partial charge >= 0.3 is 11.9 Å². The number of pyridine rings is 1.